The van der Waals surface area contributed by atoms with Crippen LogP contribution in [0.4, 0.5) is 0 Å². The van der Waals surface area contributed by atoms with Crippen LogP contribution in [-0.4, -0.2) is 27.3 Å². The van der Waals surface area contributed by atoms with Crippen molar-refractivity contribution >= 4 is 26.5 Å². The fourth-order valence-corrected chi connectivity index (χ4v) is 2.41. The lowest BCUT2D eigenvalue weighted by atomic mass is 9.94. The predicted octanol–water partition coefficient (Wildman–Crippen LogP) is 0.286. The highest BCUT2D eigenvalue weighted by Crippen LogP contribution is 2.41. The number of halogens is 1. The highest BCUT2D eigenvalue weighted by atomic mass is 79.9. The molecule has 0 unspecified atom stereocenters. The topological polar surface area (TPSA) is 84.9 Å². The van der Waals surface area contributed by atoms with Crippen molar-refractivity contribution in [3.05, 3.63) is 0 Å². The Morgan fingerprint density at radius 1 is 1.85 bits per heavy atom. The molecule has 0 aromatic carbocycles. The third kappa shape index (κ3) is 1.08. The number of hydrogen-bond acceptors (Lipinski definition) is 4. The summed E-state index contributed by atoms with van der Waals surface area (Å²) in [7, 11) is 0. The summed E-state index contributed by atoms with van der Waals surface area (Å²) >= 11 is 3.22. The predicted molar refractivity (Wildman–Crippen MR) is 48.5 cm³/mol. The van der Waals surface area contributed by atoms with Gasteiger partial charge in [0.25, 0.3) is 0 Å². The Hall–Kier alpha value is -0.620. The van der Waals surface area contributed by atoms with Gasteiger partial charge in [-0.3, -0.25) is 4.79 Å². The van der Waals surface area contributed by atoms with E-state index >= 15 is 0 Å². The Balaban J connectivity index is 2.26. The third-order valence-electron chi connectivity index (χ3n) is 2.70. The molecule has 1 fully saturated rings. The van der Waals surface area contributed by atoms with E-state index in [2.05, 4.69) is 21.1 Å². The Morgan fingerprint density at radius 2 is 2.54 bits per heavy atom. The van der Waals surface area contributed by atoms with Gasteiger partial charge in [-0.1, -0.05) is 5.16 Å². The van der Waals surface area contributed by atoms with Crippen LogP contribution in [0, 0.1) is 5.92 Å². The minimum atomic E-state index is -1.27. The number of rotatable bonds is 1. The van der Waals surface area contributed by atoms with Gasteiger partial charge in [0.05, 0.1) is 5.92 Å². The van der Waals surface area contributed by atoms with Crippen LogP contribution >= 0.6 is 15.9 Å². The van der Waals surface area contributed by atoms with Gasteiger partial charge in [0.15, 0.2) is 11.6 Å². The number of nitrogens with zero attached hydrogens (tertiary/aromatic N) is 1. The molecule has 1 heterocycles. The molecule has 13 heavy (non-hydrogen) atoms. The Bertz CT molecular complexity index is 293. The molecule has 0 saturated heterocycles. The summed E-state index contributed by atoms with van der Waals surface area (Å²) in [5, 5.41) is 12.6. The molecule has 0 radical (unpaired) electrons. The summed E-state index contributed by atoms with van der Waals surface area (Å²) in [6.45, 7) is 0. The second kappa shape index (κ2) is 2.68. The molecular weight excluding hydrogens is 240 g/mol. The Morgan fingerprint density at radius 3 is 3.15 bits per heavy atom. The molecule has 1 aliphatic carbocycles. The fourth-order valence-electron chi connectivity index (χ4n) is 1.86. The molecule has 5 nitrogen and oxygen atoms in total. The molecule has 2 aliphatic rings. The monoisotopic (exact) mass is 248 g/mol. The number of oxime groups is 1. The Labute approximate surface area is 83.0 Å². The van der Waals surface area contributed by atoms with E-state index < -0.39 is 17.6 Å². The molecule has 0 aromatic rings. The van der Waals surface area contributed by atoms with Crippen molar-refractivity contribution in [3.63, 3.8) is 0 Å². The summed E-state index contributed by atoms with van der Waals surface area (Å²) < 4.78 is 0.672. The summed E-state index contributed by atoms with van der Waals surface area (Å²) in [6, 6.07) is 0. The second-order valence-corrected chi connectivity index (χ2v) is 4.24. The first-order valence-corrected chi connectivity index (χ1v) is 4.76. The van der Waals surface area contributed by atoms with Crippen molar-refractivity contribution < 1.29 is 14.7 Å². The van der Waals surface area contributed by atoms with E-state index in [4.69, 9.17) is 15.7 Å². The highest BCUT2D eigenvalue weighted by Gasteiger charge is 2.57. The molecular formula is C7H9BrN2O3. The molecule has 72 valence electrons. The van der Waals surface area contributed by atoms with Gasteiger partial charge in [-0.05, 0) is 28.8 Å². The first-order valence-electron chi connectivity index (χ1n) is 3.97. The highest BCUT2D eigenvalue weighted by molar-refractivity contribution is 9.18. The maximum Gasteiger partial charge on any atom is 0.327 e. The van der Waals surface area contributed by atoms with Gasteiger partial charge < -0.3 is 15.7 Å². The molecule has 6 heteroatoms. The van der Waals surface area contributed by atoms with Crippen LogP contribution in [0.15, 0.2) is 5.16 Å². The molecule has 0 bridgehead atoms. The smallest absolute Gasteiger partial charge is 0.327 e. The number of nitrogens with two attached hydrogens (primary N) is 1. The van der Waals surface area contributed by atoms with E-state index in [1.165, 1.54) is 0 Å². The van der Waals surface area contributed by atoms with E-state index in [1.807, 2.05) is 0 Å². The molecule has 2 rings (SSSR count). The normalized spacial score (nSPS) is 42.5. The lowest BCUT2D eigenvalue weighted by Crippen LogP contribution is -2.55. The van der Waals surface area contributed by atoms with Crippen molar-refractivity contribution in [2.45, 2.75) is 24.5 Å². The van der Waals surface area contributed by atoms with Crippen LogP contribution in [0.5, 0.6) is 0 Å². The second-order valence-electron chi connectivity index (χ2n) is 3.43. The van der Waals surface area contributed by atoms with Crippen molar-refractivity contribution in [3.8, 4) is 0 Å². The average Bonchev–Trinajstić information content (AvgIpc) is 2.57. The zero-order valence-electron chi connectivity index (χ0n) is 6.74. The van der Waals surface area contributed by atoms with E-state index in [-0.39, 0.29) is 5.92 Å². The molecule has 0 amide bonds. The van der Waals surface area contributed by atoms with Gasteiger partial charge in [0.2, 0.25) is 0 Å². The van der Waals surface area contributed by atoms with Crippen LogP contribution in [-0.2, 0) is 9.63 Å². The van der Waals surface area contributed by atoms with Crippen LogP contribution in [0.1, 0.15) is 12.8 Å². The van der Waals surface area contributed by atoms with Gasteiger partial charge in [0, 0.05) is 0 Å². The van der Waals surface area contributed by atoms with Gasteiger partial charge in [-0.25, -0.2) is 0 Å². The van der Waals surface area contributed by atoms with Gasteiger partial charge >= 0.3 is 5.97 Å². The number of aliphatic carboxylic acids is 1. The number of carboxylic acid groups (broad SMARTS) is 1. The third-order valence-corrected chi connectivity index (χ3v) is 3.43. The first-order chi connectivity index (χ1) is 6.05. The molecule has 0 spiro atoms. The summed E-state index contributed by atoms with van der Waals surface area (Å²) in [6.07, 6.45) is 0.624. The van der Waals surface area contributed by atoms with Gasteiger partial charge in [-0.2, -0.15) is 0 Å². The van der Waals surface area contributed by atoms with E-state index in [0.717, 1.165) is 0 Å². The van der Waals surface area contributed by atoms with Crippen molar-refractivity contribution in [1.29, 1.82) is 0 Å². The quantitative estimate of drug-likeness (QED) is 0.699. The largest absolute Gasteiger partial charge is 0.480 e. The first kappa shape index (κ1) is 8.96. The standard InChI is InChI=1S/C7H9BrN2O3/c8-5-3-1-2-7(9,6(11)12)4(3)13-10-5/h3-4H,1-2,9H2,(H,11,12)/t3-,4-,7-/m1/s1. The fraction of sp³-hybridized carbons (Fsp3) is 0.714. The minimum Gasteiger partial charge on any atom is -0.480 e. The number of fused-ring (bicyclic) bond motifs is 1. The average molecular weight is 249 g/mol. The number of carboxylic acids is 1. The van der Waals surface area contributed by atoms with Crippen molar-refractivity contribution in [2.75, 3.05) is 0 Å². The van der Waals surface area contributed by atoms with Crippen LogP contribution in [0.25, 0.3) is 0 Å². The van der Waals surface area contributed by atoms with Crippen LogP contribution < -0.4 is 5.73 Å². The molecule has 1 aliphatic heterocycles. The maximum absolute atomic E-state index is 10.9. The van der Waals surface area contributed by atoms with Crippen molar-refractivity contribution in [2.24, 2.45) is 16.8 Å². The molecule has 0 aromatic heterocycles. The van der Waals surface area contributed by atoms with Gasteiger partial charge in [-0.15, -0.1) is 0 Å². The van der Waals surface area contributed by atoms with Gasteiger partial charge in [0.1, 0.15) is 4.62 Å². The van der Waals surface area contributed by atoms with E-state index in [1.54, 1.807) is 0 Å². The summed E-state index contributed by atoms with van der Waals surface area (Å²) in [4.78, 5) is 15.9. The molecule has 3 atom stereocenters. The SMILES string of the molecule is N[C@]1(C(=O)O)CC[C@H]2C(Br)=NO[C@H]21. The lowest BCUT2D eigenvalue weighted by Gasteiger charge is -2.23. The lowest BCUT2D eigenvalue weighted by molar-refractivity contribution is -0.148. The number of hydrogen-bond donors (Lipinski definition) is 2. The maximum atomic E-state index is 10.9. The zero-order valence-corrected chi connectivity index (χ0v) is 8.32. The van der Waals surface area contributed by atoms with E-state index in [0.29, 0.717) is 17.5 Å². The van der Waals surface area contributed by atoms with Crippen molar-refractivity contribution in [1.82, 2.24) is 0 Å². The summed E-state index contributed by atoms with van der Waals surface area (Å²) in [5.74, 6) is -1.00. The Kier molecular flexibility index (Phi) is 1.85. The number of carbonyl (C=O) groups is 1. The zero-order chi connectivity index (χ0) is 9.64. The molecule has 1 saturated carbocycles. The minimum absolute atomic E-state index is 0.0149. The molecule has 3 N–H and O–H groups in total. The van der Waals surface area contributed by atoms with Crippen LogP contribution in [0.2, 0.25) is 0 Å². The van der Waals surface area contributed by atoms with Crippen LogP contribution in [0.3, 0.4) is 0 Å². The van der Waals surface area contributed by atoms with E-state index in [9.17, 15) is 4.79 Å². The summed E-state index contributed by atoms with van der Waals surface area (Å²) in [5.41, 5.74) is 4.46.